The number of benzene rings is 1. The minimum absolute atomic E-state index is 0.0553. The topological polar surface area (TPSA) is 90.5 Å². The van der Waals surface area contributed by atoms with Crippen LogP contribution in [-0.4, -0.2) is 108 Å². The third kappa shape index (κ3) is 4.27. The zero-order chi connectivity index (χ0) is 22.8. The average Bonchev–Trinajstić information content (AvgIpc) is 3.05. The number of imide groups is 1. The number of hydrogen-bond acceptors (Lipinski definition) is 6. The molecule has 1 unspecified atom stereocenters. The number of carbonyl (C=O) groups excluding carboxylic acids is 4. The van der Waals surface area contributed by atoms with Crippen LogP contribution in [0.3, 0.4) is 0 Å². The summed E-state index contributed by atoms with van der Waals surface area (Å²) in [4.78, 5) is 58.6. The summed E-state index contributed by atoms with van der Waals surface area (Å²) in [6.07, 6.45) is 0. The number of morpholine rings is 1. The Hall–Kier alpha value is -2.78. The van der Waals surface area contributed by atoms with Gasteiger partial charge in [0.2, 0.25) is 11.8 Å². The highest BCUT2D eigenvalue weighted by molar-refractivity contribution is 6.22. The molecule has 0 radical (unpaired) electrons. The maximum atomic E-state index is 13.4. The lowest BCUT2D eigenvalue weighted by atomic mass is 10.0. The smallest absolute Gasteiger partial charge is 0.262 e. The average molecular weight is 443 g/mol. The molecule has 9 heteroatoms. The number of carbonyl (C=O) groups is 4. The predicted octanol–water partition coefficient (Wildman–Crippen LogP) is 0.310. The van der Waals surface area contributed by atoms with Gasteiger partial charge in [-0.3, -0.25) is 29.0 Å². The van der Waals surface area contributed by atoms with Gasteiger partial charge < -0.3 is 14.5 Å². The van der Waals surface area contributed by atoms with Crippen molar-refractivity contribution in [3.8, 4) is 0 Å². The van der Waals surface area contributed by atoms with Crippen LogP contribution >= 0.6 is 0 Å². The van der Waals surface area contributed by atoms with Crippen LogP contribution in [-0.2, 0) is 14.3 Å². The standard InChI is InChI=1S/C23H30N4O5/c1-16(2)20(27-21(29)17-5-3-4-6-18(17)22(27)30)23(31)26-9-7-25(8-10-26)19(28)15-24-11-13-32-14-12-24/h3-6,16,20H,7-15H2,1-2H3. The van der Waals surface area contributed by atoms with Crippen molar-refractivity contribution >= 4 is 23.6 Å². The van der Waals surface area contributed by atoms with Crippen molar-refractivity contribution in [2.24, 2.45) is 5.92 Å². The lowest BCUT2D eigenvalue weighted by molar-refractivity contribution is -0.143. The second kappa shape index (κ2) is 9.38. The molecular formula is C23H30N4O5. The first-order chi connectivity index (χ1) is 15.4. The Morgan fingerprint density at radius 1 is 0.875 bits per heavy atom. The Labute approximate surface area is 187 Å². The third-order valence-corrected chi connectivity index (χ3v) is 6.39. The van der Waals surface area contributed by atoms with Crippen LogP contribution in [0.5, 0.6) is 0 Å². The van der Waals surface area contributed by atoms with E-state index in [1.165, 1.54) is 0 Å². The van der Waals surface area contributed by atoms with E-state index in [2.05, 4.69) is 4.90 Å². The van der Waals surface area contributed by atoms with Crippen LogP contribution in [0.2, 0.25) is 0 Å². The Morgan fingerprint density at radius 2 is 1.41 bits per heavy atom. The van der Waals surface area contributed by atoms with Gasteiger partial charge in [-0.1, -0.05) is 26.0 Å². The maximum Gasteiger partial charge on any atom is 0.262 e. The minimum Gasteiger partial charge on any atom is -0.379 e. The van der Waals surface area contributed by atoms with E-state index in [0.29, 0.717) is 57.1 Å². The second-order valence-electron chi connectivity index (χ2n) is 8.81. The fraction of sp³-hybridized carbons (Fsp3) is 0.565. The summed E-state index contributed by atoms with van der Waals surface area (Å²) < 4.78 is 5.32. The molecule has 0 saturated carbocycles. The fourth-order valence-electron chi connectivity index (χ4n) is 4.57. The first-order valence-electron chi connectivity index (χ1n) is 11.2. The van der Waals surface area contributed by atoms with Crippen molar-refractivity contribution < 1.29 is 23.9 Å². The van der Waals surface area contributed by atoms with Gasteiger partial charge in [0.25, 0.3) is 11.8 Å². The van der Waals surface area contributed by atoms with Gasteiger partial charge in [0.15, 0.2) is 0 Å². The van der Waals surface area contributed by atoms with E-state index >= 15 is 0 Å². The van der Waals surface area contributed by atoms with Crippen LogP contribution in [0.15, 0.2) is 24.3 Å². The van der Waals surface area contributed by atoms with Crippen molar-refractivity contribution in [2.45, 2.75) is 19.9 Å². The monoisotopic (exact) mass is 442 g/mol. The van der Waals surface area contributed by atoms with Gasteiger partial charge in [0, 0.05) is 39.3 Å². The molecule has 0 bridgehead atoms. The van der Waals surface area contributed by atoms with Gasteiger partial charge in [-0.25, -0.2) is 0 Å². The number of rotatable bonds is 5. The van der Waals surface area contributed by atoms with Gasteiger partial charge in [0.05, 0.1) is 30.9 Å². The molecule has 3 heterocycles. The lowest BCUT2D eigenvalue weighted by Gasteiger charge is -2.39. The molecule has 3 aliphatic heterocycles. The first kappa shape index (κ1) is 22.4. The molecule has 9 nitrogen and oxygen atoms in total. The highest BCUT2D eigenvalue weighted by Gasteiger charge is 2.45. The molecule has 0 spiro atoms. The summed E-state index contributed by atoms with van der Waals surface area (Å²) in [5.74, 6) is -1.26. The summed E-state index contributed by atoms with van der Waals surface area (Å²) in [6.45, 7) is 8.50. The summed E-state index contributed by atoms with van der Waals surface area (Å²) in [5, 5.41) is 0. The highest BCUT2D eigenvalue weighted by Crippen LogP contribution is 2.28. The van der Waals surface area contributed by atoms with Crippen LogP contribution < -0.4 is 0 Å². The zero-order valence-electron chi connectivity index (χ0n) is 18.7. The number of ether oxygens (including phenoxy) is 1. The number of fused-ring (bicyclic) bond motifs is 1. The van der Waals surface area contributed by atoms with Gasteiger partial charge in [-0.2, -0.15) is 0 Å². The number of nitrogens with zero attached hydrogens (tertiary/aromatic N) is 4. The highest BCUT2D eigenvalue weighted by atomic mass is 16.5. The Kier molecular flexibility index (Phi) is 6.57. The fourth-order valence-corrected chi connectivity index (χ4v) is 4.57. The molecule has 2 fully saturated rings. The van der Waals surface area contributed by atoms with E-state index in [4.69, 9.17) is 4.74 Å². The predicted molar refractivity (Wildman–Crippen MR) is 116 cm³/mol. The van der Waals surface area contributed by atoms with E-state index in [0.717, 1.165) is 18.0 Å². The minimum atomic E-state index is -0.863. The molecule has 1 aromatic carbocycles. The maximum absolute atomic E-state index is 13.4. The van der Waals surface area contributed by atoms with E-state index in [1.807, 2.05) is 13.8 Å². The van der Waals surface area contributed by atoms with Crippen molar-refractivity contribution in [1.29, 1.82) is 0 Å². The van der Waals surface area contributed by atoms with E-state index in [-0.39, 0.29) is 17.7 Å². The van der Waals surface area contributed by atoms with Gasteiger partial charge >= 0.3 is 0 Å². The van der Waals surface area contributed by atoms with Crippen LogP contribution in [0.25, 0.3) is 0 Å². The van der Waals surface area contributed by atoms with Gasteiger partial charge in [0.1, 0.15) is 6.04 Å². The summed E-state index contributed by atoms with van der Waals surface area (Å²) in [6, 6.07) is 5.81. The molecule has 1 aromatic rings. The Balaban J connectivity index is 1.39. The summed E-state index contributed by atoms with van der Waals surface area (Å²) in [7, 11) is 0. The normalized spacial score (nSPS) is 20.7. The second-order valence-corrected chi connectivity index (χ2v) is 8.81. The molecule has 32 heavy (non-hydrogen) atoms. The van der Waals surface area contributed by atoms with E-state index in [9.17, 15) is 19.2 Å². The molecule has 4 amide bonds. The first-order valence-corrected chi connectivity index (χ1v) is 11.2. The van der Waals surface area contributed by atoms with E-state index < -0.39 is 17.9 Å². The van der Waals surface area contributed by atoms with Crippen LogP contribution in [0, 0.1) is 5.92 Å². The summed E-state index contributed by atoms with van der Waals surface area (Å²) in [5.41, 5.74) is 0.684. The molecular weight excluding hydrogens is 412 g/mol. The Bertz CT molecular complexity index is 868. The SMILES string of the molecule is CC(C)C(C(=O)N1CCN(C(=O)CN2CCOCC2)CC1)N1C(=O)c2ccccc2C1=O. The van der Waals surface area contributed by atoms with Gasteiger partial charge in [-0.15, -0.1) is 0 Å². The van der Waals surface area contributed by atoms with Gasteiger partial charge in [-0.05, 0) is 18.1 Å². The molecule has 4 rings (SSSR count). The molecule has 0 N–H and O–H groups in total. The largest absolute Gasteiger partial charge is 0.379 e. The molecule has 0 aromatic heterocycles. The quantitative estimate of drug-likeness (QED) is 0.610. The van der Waals surface area contributed by atoms with Crippen molar-refractivity contribution in [1.82, 2.24) is 19.6 Å². The Morgan fingerprint density at radius 3 is 1.94 bits per heavy atom. The van der Waals surface area contributed by atoms with Crippen molar-refractivity contribution in [2.75, 3.05) is 59.0 Å². The van der Waals surface area contributed by atoms with Crippen LogP contribution in [0.4, 0.5) is 0 Å². The number of piperazine rings is 1. The number of amides is 4. The molecule has 2 saturated heterocycles. The molecule has 1 atom stereocenters. The third-order valence-electron chi connectivity index (χ3n) is 6.39. The molecule has 0 aliphatic carbocycles. The number of hydrogen-bond donors (Lipinski definition) is 0. The van der Waals surface area contributed by atoms with E-state index in [1.54, 1.807) is 34.1 Å². The lowest BCUT2D eigenvalue weighted by Crippen LogP contribution is -2.59. The van der Waals surface area contributed by atoms with Crippen molar-refractivity contribution in [3.05, 3.63) is 35.4 Å². The van der Waals surface area contributed by atoms with Crippen LogP contribution in [0.1, 0.15) is 34.6 Å². The summed E-state index contributed by atoms with van der Waals surface area (Å²) >= 11 is 0. The zero-order valence-corrected chi connectivity index (χ0v) is 18.7. The molecule has 3 aliphatic rings. The van der Waals surface area contributed by atoms with Crippen molar-refractivity contribution in [3.63, 3.8) is 0 Å². The molecule has 172 valence electrons.